The van der Waals surface area contributed by atoms with Crippen LogP contribution in [0.15, 0.2) is 65.4 Å². The first-order valence-electron chi connectivity index (χ1n) is 10.3. The molecule has 0 fully saturated rings. The summed E-state index contributed by atoms with van der Waals surface area (Å²) in [4.78, 5) is 12.8. The van der Waals surface area contributed by atoms with E-state index in [2.05, 4.69) is 6.07 Å². The lowest BCUT2D eigenvalue weighted by atomic mass is 9.83. The number of methoxy groups -OCH3 is 1. The number of nitrogens with two attached hydrogens (primary N) is 1. The molecule has 1 aliphatic rings. The van der Waals surface area contributed by atoms with Crippen LogP contribution >= 0.6 is 11.3 Å². The largest absolute Gasteiger partial charge is 0.493 e. The average Bonchev–Trinajstić information content (AvgIpc) is 3.37. The Balaban J connectivity index is 1.71. The van der Waals surface area contributed by atoms with Gasteiger partial charge >= 0.3 is 5.97 Å². The minimum atomic E-state index is -0.477. The summed E-state index contributed by atoms with van der Waals surface area (Å²) in [5.41, 5.74) is 7.90. The molecule has 1 unspecified atom stereocenters. The van der Waals surface area contributed by atoms with Gasteiger partial charge in [0.1, 0.15) is 28.0 Å². The number of hydrogen-bond donors (Lipinski definition) is 1. The van der Waals surface area contributed by atoms with Crippen LogP contribution in [0.1, 0.15) is 40.1 Å². The third-order valence-corrected chi connectivity index (χ3v) is 5.96. The molecule has 8 heteroatoms. The van der Waals surface area contributed by atoms with Crippen LogP contribution < -0.4 is 24.7 Å². The van der Waals surface area contributed by atoms with Gasteiger partial charge in [-0.25, -0.2) is 4.79 Å². The molecule has 1 aromatic heterocycles. The van der Waals surface area contributed by atoms with Crippen molar-refractivity contribution < 1.29 is 23.7 Å². The zero-order valence-electron chi connectivity index (χ0n) is 18.2. The Morgan fingerprint density at radius 3 is 2.76 bits per heavy atom. The van der Waals surface area contributed by atoms with Gasteiger partial charge in [0.05, 0.1) is 19.6 Å². The van der Waals surface area contributed by atoms with Gasteiger partial charge in [-0.1, -0.05) is 25.1 Å². The van der Waals surface area contributed by atoms with Crippen molar-refractivity contribution in [3.8, 4) is 29.1 Å². The van der Waals surface area contributed by atoms with Gasteiger partial charge < -0.3 is 24.7 Å². The molecule has 0 spiro atoms. The molecule has 1 aliphatic heterocycles. The summed E-state index contributed by atoms with van der Waals surface area (Å²) in [6, 6.07) is 16.2. The number of esters is 1. The van der Waals surface area contributed by atoms with Crippen LogP contribution in [0.4, 0.5) is 0 Å². The van der Waals surface area contributed by atoms with Gasteiger partial charge in [-0.2, -0.15) is 5.26 Å². The number of rotatable bonds is 7. The molecule has 1 atom stereocenters. The first-order chi connectivity index (χ1) is 16.0. The van der Waals surface area contributed by atoms with Gasteiger partial charge in [-0.05, 0) is 41.6 Å². The van der Waals surface area contributed by atoms with Crippen LogP contribution in [-0.4, -0.2) is 19.7 Å². The van der Waals surface area contributed by atoms with E-state index in [4.69, 9.17) is 24.7 Å². The fourth-order valence-electron chi connectivity index (χ4n) is 3.59. The molecule has 33 heavy (non-hydrogen) atoms. The van der Waals surface area contributed by atoms with Gasteiger partial charge in [0.2, 0.25) is 5.88 Å². The van der Waals surface area contributed by atoms with Crippen LogP contribution in [-0.2, 0) is 0 Å². The van der Waals surface area contributed by atoms with Crippen LogP contribution in [0.3, 0.4) is 0 Å². The van der Waals surface area contributed by atoms with Crippen molar-refractivity contribution >= 4 is 17.3 Å². The van der Waals surface area contributed by atoms with Crippen molar-refractivity contribution in [1.82, 2.24) is 0 Å². The highest BCUT2D eigenvalue weighted by Gasteiger charge is 2.31. The summed E-state index contributed by atoms with van der Waals surface area (Å²) in [7, 11) is 1.57. The Bertz CT molecular complexity index is 1240. The Morgan fingerprint density at radius 2 is 2.06 bits per heavy atom. The highest BCUT2D eigenvalue weighted by molar-refractivity contribution is 7.12. The van der Waals surface area contributed by atoms with Crippen LogP contribution in [0.2, 0.25) is 0 Å². The van der Waals surface area contributed by atoms with Crippen molar-refractivity contribution in [3.05, 3.63) is 81.4 Å². The lowest BCUT2D eigenvalue weighted by Gasteiger charge is -2.27. The van der Waals surface area contributed by atoms with Crippen LogP contribution in [0, 0.1) is 11.3 Å². The summed E-state index contributed by atoms with van der Waals surface area (Å²) in [5, 5.41) is 11.6. The van der Waals surface area contributed by atoms with Crippen LogP contribution in [0.25, 0.3) is 0 Å². The molecule has 2 aromatic carbocycles. The van der Waals surface area contributed by atoms with Crippen molar-refractivity contribution in [1.29, 1.82) is 5.26 Å². The number of nitrogens with zero attached hydrogens (tertiary/aromatic N) is 1. The Morgan fingerprint density at radius 1 is 1.21 bits per heavy atom. The van der Waals surface area contributed by atoms with Crippen molar-refractivity contribution in [2.24, 2.45) is 5.73 Å². The molecule has 0 radical (unpaired) electrons. The first-order valence-corrected chi connectivity index (χ1v) is 11.2. The predicted octanol–water partition coefficient (Wildman–Crippen LogP) is 4.98. The first kappa shape index (κ1) is 22.2. The number of allylic oxidation sites excluding steroid dienone is 1. The summed E-state index contributed by atoms with van der Waals surface area (Å²) in [6.45, 7) is 2.59. The topological polar surface area (TPSA) is 104 Å². The summed E-state index contributed by atoms with van der Waals surface area (Å²) >= 11 is 1.30. The molecule has 4 rings (SSSR count). The van der Waals surface area contributed by atoms with Crippen molar-refractivity contribution in [2.45, 2.75) is 19.3 Å². The van der Waals surface area contributed by atoms with E-state index in [1.54, 1.807) is 42.8 Å². The average molecular weight is 463 g/mol. The third kappa shape index (κ3) is 4.49. The molecule has 3 aromatic rings. The monoisotopic (exact) mass is 462 g/mol. The van der Waals surface area contributed by atoms with Gasteiger partial charge in [0.15, 0.2) is 11.5 Å². The summed E-state index contributed by atoms with van der Waals surface area (Å²) in [5.74, 6) is 0.995. The van der Waals surface area contributed by atoms with Crippen molar-refractivity contribution in [3.63, 3.8) is 0 Å². The number of benzene rings is 2. The summed E-state index contributed by atoms with van der Waals surface area (Å²) in [6.07, 6.45) is 0.871. The number of fused-ring (bicyclic) bond motifs is 1. The molecular formula is C25H22N2O5S. The molecule has 0 aliphatic carbocycles. The molecule has 2 N–H and O–H groups in total. The second-order valence-corrected chi connectivity index (χ2v) is 8.20. The molecule has 0 bridgehead atoms. The molecule has 168 valence electrons. The van der Waals surface area contributed by atoms with Gasteiger partial charge in [-0.15, -0.1) is 11.3 Å². The standard InChI is InChI=1S/C25H22N2O5S/c1-3-10-30-19-9-6-15(12-21(19)29-2)23-17-8-7-16(31-25(28)22-5-4-11-33-22)13-20(17)32-24(27)18(23)14-26/h4-9,11-13,23H,3,10,27H2,1-2H3. The molecule has 2 heterocycles. The minimum Gasteiger partial charge on any atom is -0.493 e. The van der Waals surface area contributed by atoms with E-state index in [0.717, 1.165) is 17.5 Å². The highest BCUT2D eigenvalue weighted by atomic mass is 32.1. The minimum absolute atomic E-state index is 0.00186. The molecule has 0 saturated heterocycles. The maximum absolute atomic E-state index is 12.3. The molecule has 0 amide bonds. The summed E-state index contributed by atoms with van der Waals surface area (Å²) < 4.78 is 22.5. The highest BCUT2D eigenvalue weighted by Crippen LogP contribution is 2.45. The van der Waals surface area contributed by atoms with E-state index in [1.165, 1.54) is 11.3 Å². The van der Waals surface area contributed by atoms with E-state index in [0.29, 0.717) is 34.5 Å². The van der Waals surface area contributed by atoms with Gasteiger partial charge in [0.25, 0.3) is 0 Å². The Hall–Kier alpha value is -3.96. The maximum atomic E-state index is 12.3. The fourth-order valence-corrected chi connectivity index (χ4v) is 4.19. The zero-order chi connectivity index (χ0) is 23.4. The quantitative estimate of drug-likeness (QED) is 0.390. The zero-order valence-corrected chi connectivity index (χ0v) is 19.0. The number of nitriles is 1. The number of ether oxygens (including phenoxy) is 4. The lowest BCUT2D eigenvalue weighted by Crippen LogP contribution is -2.21. The Kier molecular flexibility index (Phi) is 6.52. The molecule has 7 nitrogen and oxygen atoms in total. The van der Waals surface area contributed by atoms with Gasteiger partial charge in [0, 0.05) is 11.6 Å². The number of carbonyl (C=O) groups is 1. The number of thiophene rings is 1. The SMILES string of the molecule is CCCOc1ccc(C2C(C#N)=C(N)Oc3cc(OC(=O)c4cccs4)ccc32)cc1OC. The predicted molar refractivity (Wildman–Crippen MR) is 124 cm³/mol. The van der Waals surface area contributed by atoms with E-state index in [9.17, 15) is 10.1 Å². The molecule has 0 saturated carbocycles. The van der Waals surface area contributed by atoms with Gasteiger partial charge in [-0.3, -0.25) is 0 Å². The lowest BCUT2D eigenvalue weighted by molar-refractivity contribution is 0.0739. The van der Waals surface area contributed by atoms with Crippen LogP contribution in [0.5, 0.6) is 23.0 Å². The second-order valence-electron chi connectivity index (χ2n) is 7.25. The number of hydrogen-bond acceptors (Lipinski definition) is 8. The van der Waals surface area contributed by atoms with E-state index in [1.807, 2.05) is 25.1 Å². The fraction of sp³-hybridized carbons (Fsp3) is 0.200. The maximum Gasteiger partial charge on any atom is 0.353 e. The molecular weight excluding hydrogens is 440 g/mol. The van der Waals surface area contributed by atoms with E-state index in [-0.39, 0.29) is 11.5 Å². The smallest absolute Gasteiger partial charge is 0.353 e. The number of carbonyl (C=O) groups excluding carboxylic acids is 1. The normalized spacial score (nSPS) is 14.6. The second kappa shape index (κ2) is 9.67. The van der Waals surface area contributed by atoms with Crippen molar-refractivity contribution in [2.75, 3.05) is 13.7 Å². The third-order valence-electron chi connectivity index (χ3n) is 5.11. The van der Waals surface area contributed by atoms with E-state index >= 15 is 0 Å². The Labute approximate surface area is 195 Å². The van der Waals surface area contributed by atoms with E-state index < -0.39 is 11.9 Å².